The lowest BCUT2D eigenvalue weighted by Gasteiger charge is -2.49. The fourth-order valence-electron chi connectivity index (χ4n) is 3.77. The topological polar surface area (TPSA) is 37.3 Å². The van der Waals surface area contributed by atoms with Crippen LogP contribution in [0.1, 0.15) is 57.9 Å². The second kappa shape index (κ2) is 6.43. The summed E-state index contributed by atoms with van der Waals surface area (Å²) in [7, 11) is 0. The maximum Gasteiger partial charge on any atom is 0.314 e. The van der Waals surface area contributed by atoms with E-state index in [0.29, 0.717) is 11.8 Å². The molecule has 3 atom stereocenters. The van der Waals surface area contributed by atoms with Crippen molar-refractivity contribution in [3.63, 3.8) is 0 Å². The summed E-state index contributed by atoms with van der Waals surface area (Å²) in [4.78, 5) is 11.9. The van der Waals surface area contributed by atoms with E-state index in [2.05, 4.69) is 13.8 Å². The summed E-state index contributed by atoms with van der Waals surface area (Å²) in [5, 5.41) is 9.83. The number of rotatable bonds is 7. The molecule has 1 N–H and O–H groups in total. The number of carboxylic acid groups (broad SMARTS) is 1. The van der Waals surface area contributed by atoms with E-state index >= 15 is 0 Å². The molecule has 1 aromatic carbocycles. The van der Waals surface area contributed by atoms with Gasteiger partial charge in [0.2, 0.25) is 0 Å². The molecule has 0 bridgehead atoms. The highest BCUT2D eigenvalue weighted by atomic mass is 16.4. The normalized spacial score (nSPS) is 26.8. The van der Waals surface area contributed by atoms with Crippen molar-refractivity contribution in [1.29, 1.82) is 0 Å². The van der Waals surface area contributed by atoms with Crippen LogP contribution in [0.25, 0.3) is 0 Å². The molecule has 0 saturated heterocycles. The molecule has 1 fully saturated rings. The van der Waals surface area contributed by atoms with Crippen LogP contribution < -0.4 is 0 Å². The molecule has 110 valence electrons. The highest BCUT2D eigenvalue weighted by Gasteiger charge is 2.55. The zero-order chi connectivity index (χ0) is 14.6. The fraction of sp³-hybridized carbons (Fsp3) is 0.611. The lowest BCUT2D eigenvalue weighted by atomic mass is 9.52. The molecule has 3 unspecified atom stereocenters. The van der Waals surface area contributed by atoms with Gasteiger partial charge in [0, 0.05) is 0 Å². The van der Waals surface area contributed by atoms with Crippen molar-refractivity contribution >= 4 is 5.97 Å². The Bertz CT molecular complexity index is 440. The molecule has 0 radical (unpaired) electrons. The van der Waals surface area contributed by atoms with E-state index in [4.69, 9.17) is 0 Å². The van der Waals surface area contributed by atoms with Crippen LogP contribution in [0.3, 0.4) is 0 Å². The Hall–Kier alpha value is -1.31. The predicted octanol–water partition coefficient (Wildman–Crippen LogP) is 4.64. The van der Waals surface area contributed by atoms with Gasteiger partial charge in [-0.2, -0.15) is 0 Å². The van der Waals surface area contributed by atoms with Crippen LogP contribution in [0.4, 0.5) is 0 Å². The first-order chi connectivity index (χ1) is 9.63. The number of benzene rings is 1. The quantitative estimate of drug-likeness (QED) is 0.736. The smallest absolute Gasteiger partial charge is 0.314 e. The molecule has 0 heterocycles. The highest BCUT2D eigenvalue weighted by molar-refractivity contribution is 5.83. The van der Waals surface area contributed by atoms with E-state index in [9.17, 15) is 9.90 Å². The van der Waals surface area contributed by atoms with Gasteiger partial charge in [0.1, 0.15) is 0 Å². The predicted molar refractivity (Wildman–Crippen MR) is 81.8 cm³/mol. The van der Waals surface area contributed by atoms with E-state index in [0.717, 1.165) is 24.8 Å². The first-order valence-corrected chi connectivity index (χ1v) is 7.91. The molecule has 1 aromatic rings. The van der Waals surface area contributed by atoms with E-state index in [1.807, 2.05) is 30.3 Å². The van der Waals surface area contributed by atoms with E-state index in [1.54, 1.807) is 0 Å². The van der Waals surface area contributed by atoms with Crippen LogP contribution in [0, 0.1) is 11.8 Å². The van der Waals surface area contributed by atoms with Gasteiger partial charge in [-0.3, -0.25) is 4.79 Å². The average molecular weight is 274 g/mol. The van der Waals surface area contributed by atoms with Gasteiger partial charge in [-0.25, -0.2) is 0 Å². The second-order valence-corrected chi connectivity index (χ2v) is 6.26. The summed E-state index contributed by atoms with van der Waals surface area (Å²) in [6.07, 6.45) is 6.69. The lowest BCUT2D eigenvalue weighted by Crippen LogP contribution is -2.53. The molecule has 2 nitrogen and oxygen atoms in total. The summed E-state index contributed by atoms with van der Waals surface area (Å²) in [5.74, 6) is 0.146. The molecule has 0 aliphatic heterocycles. The third-order valence-electron chi connectivity index (χ3n) is 5.10. The van der Waals surface area contributed by atoms with Crippen LogP contribution in [0.15, 0.2) is 30.3 Å². The van der Waals surface area contributed by atoms with Gasteiger partial charge in [0.25, 0.3) is 0 Å². The standard InChI is InChI=1S/C18H26O2/c1-3-4-6-9-14(2)16-12-13-18(16,17(19)20)15-10-7-5-8-11-15/h5,7-8,10-11,14,16H,3-4,6,9,12-13H2,1-2H3,(H,19,20). The van der Waals surface area contributed by atoms with Crippen LogP contribution >= 0.6 is 0 Å². The van der Waals surface area contributed by atoms with E-state index in [1.165, 1.54) is 19.3 Å². The van der Waals surface area contributed by atoms with Crippen molar-refractivity contribution in [2.45, 2.75) is 57.8 Å². The summed E-state index contributed by atoms with van der Waals surface area (Å²) < 4.78 is 0. The molecule has 0 spiro atoms. The van der Waals surface area contributed by atoms with Gasteiger partial charge < -0.3 is 5.11 Å². The molecule has 2 heteroatoms. The van der Waals surface area contributed by atoms with Gasteiger partial charge in [-0.05, 0) is 30.2 Å². The Morgan fingerprint density at radius 3 is 2.55 bits per heavy atom. The van der Waals surface area contributed by atoms with Gasteiger partial charge >= 0.3 is 5.97 Å². The minimum atomic E-state index is -0.637. The summed E-state index contributed by atoms with van der Waals surface area (Å²) in [5.41, 5.74) is 0.360. The van der Waals surface area contributed by atoms with E-state index < -0.39 is 11.4 Å². The van der Waals surface area contributed by atoms with Crippen molar-refractivity contribution < 1.29 is 9.90 Å². The molecule has 0 aromatic heterocycles. The largest absolute Gasteiger partial charge is 0.481 e. The molecule has 2 rings (SSSR count). The Balaban J connectivity index is 2.16. The summed E-state index contributed by atoms with van der Waals surface area (Å²) >= 11 is 0. The van der Waals surface area contributed by atoms with Crippen molar-refractivity contribution in [3.8, 4) is 0 Å². The number of unbranched alkanes of at least 4 members (excludes halogenated alkanes) is 2. The zero-order valence-corrected chi connectivity index (χ0v) is 12.6. The zero-order valence-electron chi connectivity index (χ0n) is 12.6. The first-order valence-electron chi connectivity index (χ1n) is 7.91. The molecule has 1 aliphatic rings. The van der Waals surface area contributed by atoms with Crippen molar-refractivity contribution in [3.05, 3.63) is 35.9 Å². The minimum Gasteiger partial charge on any atom is -0.481 e. The molecule has 20 heavy (non-hydrogen) atoms. The molecule has 1 aliphatic carbocycles. The van der Waals surface area contributed by atoms with Gasteiger partial charge in [-0.1, -0.05) is 69.9 Å². The summed E-state index contributed by atoms with van der Waals surface area (Å²) in [6, 6.07) is 9.84. The molecule has 0 amide bonds. The van der Waals surface area contributed by atoms with Gasteiger partial charge in [0.15, 0.2) is 0 Å². The summed E-state index contributed by atoms with van der Waals surface area (Å²) in [6.45, 7) is 4.44. The van der Waals surface area contributed by atoms with Crippen molar-refractivity contribution in [1.82, 2.24) is 0 Å². The number of carboxylic acids is 1. The van der Waals surface area contributed by atoms with Crippen molar-refractivity contribution in [2.24, 2.45) is 11.8 Å². The maximum atomic E-state index is 11.9. The number of hydrogen-bond donors (Lipinski definition) is 1. The molecule has 1 saturated carbocycles. The first kappa shape index (κ1) is 15.1. The lowest BCUT2D eigenvalue weighted by molar-refractivity contribution is -0.153. The van der Waals surface area contributed by atoms with Gasteiger partial charge in [0.05, 0.1) is 5.41 Å². The maximum absolute atomic E-state index is 11.9. The second-order valence-electron chi connectivity index (χ2n) is 6.26. The number of hydrogen-bond acceptors (Lipinski definition) is 1. The van der Waals surface area contributed by atoms with Crippen LogP contribution in [0.5, 0.6) is 0 Å². The SMILES string of the molecule is CCCCCC(C)C1CCC1(C(=O)O)c1ccccc1. The monoisotopic (exact) mass is 274 g/mol. The Labute approximate surface area is 122 Å². The van der Waals surface area contributed by atoms with Crippen LogP contribution in [-0.4, -0.2) is 11.1 Å². The van der Waals surface area contributed by atoms with E-state index in [-0.39, 0.29) is 0 Å². The molecular formula is C18H26O2. The highest BCUT2D eigenvalue weighted by Crippen LogP contribution is 2.53. The number of aliphatic carboxylic acids is 1. The average Bonchev–Trinajstić information content (AvgIpc) is 2.39. The minimum absolute atomic E-state index is 0.291. The molecular weight excluding hydrogens is 248 g/mol. The van der Waals surface area contributed by atoms with Crippen molar-refractivity contribution in [2.75, 3.05) is 0 Å². The third-order valence-corrected chi connectivity index (χ3v) is 5.10. The number of carbonyl (C=O) groups is 1. The van der Waals surface area contributed by atoms with Crippen LogP contribution in [-0.2, 0) is 10.2 Å². The Morgan fingerprint density at radius 2 is 2.05 bits per heavy atom. The Morgan fingerprint density at radius 1 is 1.35 bits per heavy atom. The Kier molecular flexibility index (Phi) is 4.85. The fourth-order valence-corrected chi connectivity index (χ4v) is 3.77. The van der Waals surface area contributed by atoms with Crippen LogP contribution in [0.2, 0.25) is 0 Å². The van der Waals surface area contributed by atoms with Gasteiger partial charge in [-0.15, -0.1) is 0 Å². The third kappa shape index (κ3) is 2.61.